The van der Waals surface area contributed by atoms with Crippen molar-refractivity contribution in [3.63, 3.8) is 0 Å². The Kier molecular flexibility index (Phi) is 5.49. The molecule has 2 aromatic rings. The Bertz CT molecular complexity index is 765. The highest BCUT2D eigenvalue weighted by atomic mass is 16.5. The molecule has 1 fully saturated rings. The van der Waals surface area contributed by atoms with Gasteiger partial charge in [-0.1, -0.05) is 6.07 Å². The molecule has 140 valence electrons. The van der Waals surface area contributed by atoms with Crippen LogP contribution in [-0.4, -0.2) is 35.7 Å². The third kappa shape index (κ3) is 3.69. The van der Waals surface area contributed by atoms with Crippen LogP contribution in [-0.2, 0) is 16.8 Å². The zero-order valence-corrected chi connectivity index (χ0v) is 15.7. The number of nitrogens with one attached hydrogen (secondary N) is 1. The topological polar surface area (TPSA) is 65.4 Å². The van der Waals surface area contributed by atoms with Gasteiger partial charge in [0, 0.05) is 25.0 Å². The Labute approximate surface area is 154 Å². The molecule has 0 radical (unpaired) electrons. The summed E-state index contributed by atoms with van der Waals surface area (Å²) in [5.74, 6) is 1.50. The second kappa shape index (κ2) is 7.81. The molecule has 1 heterocycles. The first-order valence-electron chi connectivity index (χ1n) is 9.17. The van der Waals surface area contributed by atoms with Gasteiger partial charge in [-0.3, -0.25) is 4.79 Å². The van der Waals surface area contributed by atoms with E-state index in [9.17, 15) is 4.79 Å². The van der Waals surface area contributed by atoms with E-state index in [0.717, 1.165) is 37.1 Å². The van der Waals surface area contributed by atoms with Crippen molar-refractivity contribution in [1.82, 2.24) is 14.9 Å². The van der Waals surface area contributed by atoms with E-state index in [-0.39, 0.29) is 5.91 Å². The van der Waals surface area contributed by atoms with Crippen molar-refractivity contribution in [2.24, 2.45) is 0 Å². The first kappa shape index (κ1) is 18.3. The summed E-state index contributed by atoms with van der Waals surface area (Å²) in [4.78, 5) is 16.9. The fraction of sp³-hybridized carbons (Fsp3) is 0.500. The minimum absolute atomic E-state index is 0.104. The molecule has 1 saturated carbocycles. The SMILES string of the molecule is CCOc1cc(C2(C(=O)NCCCn3cncc3C)CC2)ccc1OC. The van der Waals surface area contributed by atoms with Gasteiger partial charge >= 0.3 is 0 Å². The minimum Gasteiger partial charge on any atom is -0.493 e. The average molecular weight is 357 g/mol. The molecule has 6 nitrogen and oxygen atoms in total. The number of amides is 1. The molecule has 0 atom stereocenters. The predicted molar refractivity (Wildman–Crippen MR) is 99.7 cm³/mol. The molecule has 0 bridgehead atoms. The summed E-state index contributed by atoms with van der Waals surface area (Å²) < 4.78 is 13.1. The number of aromatic nitrogens is 2. The Morgan fingerprint density at radius 1 is 1.35 bits per heavy atom. The maximum atomic E-state index is 12.8. The summed E-state index contributed by atoms with van der Waals surface area (Å²) in [7, 11) is 1.62. The highest BCUT2D eigenvalue weighted by Gasteiger charge is 2.51. The van der Waals surface area contributed by atoms with Crippen LogP contribution in [0.1, 0.15) is 37.4 Å². The van der Waals surface area contributed by atoms with Gasteiger partial charge < -0.3 is 19.4 Å². The van der Waals surface area contributed by atoms with Crippen molar-refractivity contribution < 1.29 is 14.3 Å². The van der Waals surface area contributed by atoms with Gasteiger partial charge in [0.05, 0.1) is 25.5 Å². The van der Waals surface area contributed by atoms with Crippen LogP contribution >= 0.6 is 0 Å². The third-order valence-corrected chi connectivity index (χ3v) is 4.98. The van der Waals surface area contributed by atoms with E-state index in [1.807, 2.05) is 44.6 Å². The molecule has 1 aromatic carbocycles. The van der Waals surface area contributed by atoms with Crippen LogP contribution in [0.15, 0.2) is 30.7 Å². The third-order valence-electron chi connectivity index (χ3n) is 4.98. The molecule has 1 aromatic heterocycles. The highest BCUT2D eigenvalue weighted by Crippen LogP contribution is 2.50. The summed E-state index contributed by atoms with van der Waals surface area (Å²) >= 11 is 0. The lowest BCUT2D eigenvalue weighted by molar-refractivity contribution is -0.123. The molecule has 1 aliphatic rings. The van der Waals surface area contributed by atoms with Gasteiger partial charge in [0.15, 0.2) is 11.5 Å². The fourth-order valence-corrected chi connectivity index (χ4v) is 3.26. The van der Waals surface area contributed by atoms with E-state index in [0.29, 0.717) is 24.7 Å². The van der Waals surface area contributed by atoms with Crippen molar-refractivity contribution in [1.29, 1.82) is 0 Å². The monoisotopic (exact) mass is 357 g/mol. The number of aryl methyl sites for hydroxylation is 2. The first-order chi connectivity index (χ1) is 12.6. The van der Waals surface area contributed by atoms with Gasteiger partial charge in [0.1, 0.15) is 0 Å². The molecule has 0 aliphatic heterocycles. The van der Waals surface area contributed by atoms with Crippen LogP contribution in [0.3, 0.4) is 0 Å². The fourth-order valence-electron chi connectivity index (χ4n) is 3.26. The summed E-state index contributed by atoms with van der Waals surface area (Å²) in [5.41, 5.74) is 1.73. The Balaban J connectivity index is 1.60. The molecule has 26 heavy (non-hydrogen) atoms. The van der Waals surface area contributed by atoms with E-state index in [1.54, 1.807) is 7.11 Å². The normalized spacial score (nSPS) is 14.7. The zero-order chi connectivity index (χ0) is 18.6. The van der Waals surface area contributed by atoms with Crippen LogP contribution in [0, 0.1) is 6.92 Å². The van der Waals surface area contributed by atoms with Crippen LogP contribution < -0.4 is 14.8 Å². The van der Waals surface area contributed by atoms with Gasteiger partial charge in [-0.2, -0.15) is 0 Å². The maximum absolute atomic E-state index is 12.8. The van der Waals surface area contributed by atoms with E-state index in [4.69, 9.17) is 9.47 Å². The second-order valence-electron chi connectivity index (χ2n) is 6.72. The Morgan fingerprint density at radius 3 is 2.77 bits per heavy atom. The van der Waals surface area contributed by atoms with E-state index >= 15 is 0 Å². The van der Waals surface area contributed by atoms with Crippen molar-refractivity contribution in [3.05, 3.63) is 42.0 Å². The van der Waals surface area contributed by atoms with Crippen LogP contribution in [0.5, 0.6) is 11.5 Å². The number of ether oxygens (including phenoxy) is 2. The standard InChI is InChI=1S/C20H27N3O3/c1-4-26-18-12-16(6-7-17(18)25-3)20(8-9-20)19(24)22-10-5-11-23-14-21-13-15(23)2/h6-7,12-14H,4-5,8-11H2,1-3H3,(H,22,24). The number of benzene rings is 1. The predicted octanol–water partition coefficient (Wildman–Crippen LogP) is 2.84. The smallest absolute Gasteiger partial charge is 0.230 e. The molecule has 3 rings (SSSR count). The molecule has 1 amide bonds. The Hall–Kier alpha value is -2.50. The van der Waals surface area contributed by atoms with Gasteiger partial charge in [0.2, 0.25) is 5.91 Å². The number of hydrogen-bond donors (Lipinski definition) is 1. The van der Waals surface area contributed by atoms with Crippen molar-refractivity contribution in [2.45, 2.75) is 45.1 Å². The average Bonchev–Trinajstić information content (AvgIpc) is 3.36. The number of imidazole rings is 1. The second-order valence-corrected chi connectivity index (χ2v) is 6.72. The molecule has 0 saturated heterocycles. The Morgan fingerprint density at radius 2 is 2.15 bits per heavy atom. The van der Waals surface area contributed by atoms with E-state index < -0.39 is 5.41 Å². The number of carbonyl (C=O) groups is 1. The number of carbonyl (C=O) groups excluding carboxylic acids is 1. The molecule has 0 unspecified atom stereocenters. The van der Waals surface area contributed by atoms with Gasteiger partial charge in [-0.05, 0) is 50.8 Å². The van der Waals surface area contributed by atoms with Crippen LogP contribution in [0.4, 0.5) is 0 Å². The zero-order valence-electron chi connectivity index (χ0n) is 15.7. The van der Waals surface area contributed by atoms with E-state index in [2.05, 4.69) is 14.9 Å². The summed E-state index contributed by atoms with van der Waals surface area (Å²) in [6.45, 7) is 6.05. The maximum Gasteiger partial charge on any atom is 0.230 e. The lowest BCUT2D eigenvalue weighted by Crippen LogP contribution is -2.35. The van der Waals surface area contributed by atoms with Gasteiger partial charge in [-0.15, -0.1) is 0 Å². The number of methoxy groups -OCH3 is 1. The number of nitrogens with zero attached hydrogens (tertiary/aromatic N) is 2. The molecule has 1 aliphatic carbocycles. The minimum atomic E-state index is -0.414. The van der Waals surface area contributed by atoms with Crippen molar-refractivity contribution in [2.75, 3.05) is 20.3 Å². The highest BCUT2D eigenvalue weighted by molar-refractivity contribution is 5.91. The first-order valence-corrected chi connectivity index (χ1v) is 9.17. The largest absolute Gasteiger partial charge is 0.493 e. The lowest BCUT2D eigenvalue weighted by atomic mass is 9.94. The lowest BCUT2D eigenvalue weighted by Gasteiger charge is -2.18. The van der Waals surface area contributed by atoms with Crippen LogP contribution in [0.2, 0.25) is 0 Å². The van der Waals surface area contributed by atoms with Gasteiger partial charge in [0.25, 0.3) is 0 Å². The summed E-state index contributed by atoms with van der Waals surface area (Å²) in [5, 5.41) is 3.10. The van der Waals surface area contributed by atoms with Crippen LogP contribution in [0.25, 0.3) is 0 Å². The molecular weight excluding hydrogens is 330 g/mol. The molecule has 0 spiro atoms. The van der Waals surface area contributed by atoms with Crippen molar-refractivity contribution >= 4 is 5.91 Å². The van der Waals surface area contributed by atoms with E-state index in [1.165, 1.54) is 0 Å². The summed E-state index contributed by atoms with van der Waals surface area (Å²) in [6.07, 6.45) is 6.30. The van der Waals surface area contributed by atoms with Gasteiger partial charge in [-0.25, -0.2) is 4.98 Å². The number of hydrogen-bond acceptors (Lipinski definition) is 4. The summed E-state index contributed by atoms with van der Waals surface area (Å²) in [6, 6.07) is 5.81. The quantitative estimate of drug-likeness (QED) is 0.701. The molecule has 1 N–H and O–H groups in total. The number of rotatable bonds is 9. The molecular formula is C20H27N3O3. The molecule has 6 heteroatoms. The van der Waals surface area contributed by atoms with Crippen molar-refractivity contribution in [3.8, 4) is 11.5 Å².